The Kier molecular flexibility index (Phi) is 6.39. The van der Waals surface area contributed by atoms with Crippen LogP contribution in [0.2, 0.25) is 5.02 Å². The van der Waals surface area contributed by atoms with E-state index >= 15 is 0 Å². The van der Waals surface area contributed by atoms with Crippen LogP contribution in [0.3, 0.4) is 0 Å². The Hall–Kier alpha value is -2.12. The Bertz CT molecular complexity index is 852. The molecule has 0 spiro atoms. The van der Waals surface area contributed by atoms with Gasteiger partial charge in [0, 0.05) is 18.1 Å². The number of nitrogens with zero attached hydrogens (tertiary/aromatic N) is 2. The Morgan fingerprint density at radius 1 is 1.16 bits per heavy atom. The van der Waals surface area contributed by atoms with E-state index in [-0.39, 0.29) is 23.0 Å². The maximum absolute atomic E-state index is 12.4. The lowest BCUT2D eigenvalue weighted by molar-refractivity contribution is -0.130. The first-order chi connectivity index (χ1) is 11.9. The fourth-order valence-electron chi connectivity index (χ4n) is 2.31. The van der Waals surface area contributed by atoms with Crippen LogP contribution in [-0.4, -0.2) is 37.3 Å². The third-order valence-electron chi connectivity index (χ3n) is 3.60. The molecule has 0 saturated carbocycles. The summed E-state index contributed by atoms with van der Waals surface area (Å²) in [6, 6.07) is 10.8. The largest absolute Gasteiger partial charge is 0.343 e. The Morgan fingerprint density at radius 2 is 1.84 bits per heavy atom. The molecule has 0 radical (unpaired) electrons. The van der Waals surface area contributed by atoms with Crippen molar-refractivity contribution in [2.75, 3.05) is 17.8 Å². The highest BCUT2D eigenvalue weighted by Crippen LogP contribution is 2.18. The molecule has 25 heavy (non-hydrogen) atoms. The number of carbonyl (C=O) groups is 1. The van der Waals surface area contributed by atoms with Gasteiger partial charge in [-0.25, -0.2) is 13.4 Å². The molecule has 1 N–H and O–H groups in total. The number of pyridine rings is 1. The smallest absolute Gasteiger partial charge is 0.263 e. The monoisotopic (exact) mass is 381 g/mol. The van der Waals surface area contributed by atoms with Crippen LogP contribution in [0, 0.1) is 0 Å². The van der Waals surface area contributed by atoms with Crippen molar-refractivity contribution in [3.05, 3.63) is 53.2 Å². The molecule has 1 heterocycles. The minimum Gasteiger partial charge on any atom is -0.343 e. The first-order valence-corrected chi connectivity index (χ1v) is 9.74. The number of hydrogen-bond donors (Lipinski definition) is 1. The Labute approximate surface area is 152 Å². The summed E-state index contributed by atoms with van der Waals surface area (Å²) in [6.45, 7) is 5.06. The van der Waals surface area contributed by atoms with Crippen LogP contribution in [0.25, 0.3) is 0 Å². The highest BCUT2D eigenvalue weighted by atomic mass is 35.5. The molecule has 0 aliphatic heterocycles. The van der Waals surface area contributed by atoms with Crippen LogP contribution in [0.5, 0.6) is 0 Å². The topological polar surface area (TPSA) is 79.4 Å². The molecule has 0 aliphatic carbocycles. The van der Waals surface area contributed by atoms with Crippen molar-refractivity contribution in [1.82, 2.24) is 9.88 Å². The second kappa shape index (κ2) is 8.31. The quantitative estimate of drug-likeness (QED) is 0.799. The van der Waals surface area contributed by atoms with Gasteiger partial charge in [0.05, 0.1) is 17.0 Å². The third kappa shape index (κ3) is 5.17. The summed E-state index contributed by atoms with van der Waals surface area (Å²) < 4.78 is 27.2. The lowest BCUT2D eigenvalue weighted by Gasteiger charge is -2.18. The van der Waals surface area contributed by atoms with Crippen LogP contribution in [0.4, 0.5) is 5.82 Å². The van der Waals surface area contributed by atoms with Crippen LogP contribution >= 0.6 is 11.6 Å². The van der Waals surface area contributed by atoms with E-state index < -0.39 is 10.0 Å². The average Bonchev–Trinajstić information content (AvgIpc) is 2.56. The number of anilines is 1. The molecule has 6 nitrogen and oxygen atoms in total. The molecule has 1 aromatic carbocycles. The zero-order chi connectivity index (χ0) is 18.4. The molecule has 1 amide bonds. The van der Waals surface area contributed by atoms with E-state index in [1.807, 2.05) is 13.8 Å². The minimum atomic E-state index is -3.80. The zero-order valence-electron chi connectivity index (χ0n) is 14.1. The molecule has 0 fully saturated rings. The van der Waals surface area contributed by atoms with Crippen molar-refractivity contribution >= 4 is 33.3 Å². The lowest BCUT2D eigenvalue weighted by atomic mass is 10.2. The number of aromatic nitrogens is 1. The maximum atomic E-state index is 12.4. The third-order valence-corrected chi connectivity index (χ3v) is 5.19. The molecule has 0 bridgehead atoms. The van der Waals surface area contributed by atoms with Gasteiger partial charge in [-0.05, 0) is 44.2 Å². The minimum absolute atomic E-state index is 0.0476. The predicted molar refractivity (Wildman–Crippen MR) is 98.1 cm³/mol. The highest BCUT2D eigenvalue weighted by Gasteiger charge is 2.16. The number of rotatable bonds is 7. The highest BCUT2D eigenvalue weighted by molar-refractivity contribution is 7.92. The number of likely N-dealkylation sites (N-methyl/N-ethyl adjacent to an activating group) is 1. The van der Waals surface area contributed by atoms with Gasteiger partial charge in [-0.15, -0.1) is 0 Å². The standard InChI is InChI=1S/C17H20ClN3O3S/c1-3-21(4-2)17(22)12-14-8-6-10-16(19-14)20-25(23,24)15-9-5-7-13(18)11-15/h5-11H,3-4,12H2,1-2H3,(H,19,20). The van der Waals surface area contributed by atoms with Gasteiger partial charge < -0.3 is 4.90 Å². The number of sulfonamides is 1. The van der Waals surface area contributed by atoms with E-state index in [0.29, 0.717) is 23.8 Å². The van der Waals surface area contributed by atoms with Crippen molar-refractivity contribution in [3.8, 4) is 0 Å². The summed E-state index contributed by atoms with van der Waals surface area (Å²) >= 11 is 5.84. The first kappa shape index (κ1) is 19.2. The van der Waals surface area contributed by atoms with E-state index in [1.54, 1.807) is 29.2 Å². The van der Waals surface area contributed by atoms with Crippen LogP contribution in [0.1, 0.15) is 19.5 Å². The molecule has 2 aromatic rings. The summed E-state index contributed by atoms with van der Waals surface area (Å²) in [5.41, 5.74) is 0.503. The van der Waals surface area contributed by atoms with Gasteiger partial charge in [0.15, 0.2) is 0 Å². The van der Waals surface area contributed by atoms with Gasteiger partial charge in [0.25, 0.3) is 10.0 Å². The molecule has 1 aromatic heterocycles. The van der Waals surface area contributed by atoms with Crippen molar-refractivity contribution in [1.29, 1.82) is 0 Å². The van der Waals surface area contributed by atoms with Crippen molar-refractivity contribution < 1.29 is 13.2 Å². The molecule has 134 valence electrons. The Morgan fingerprint density at radius 3 is 2.48 bits per heavy atom. The normalized spacial score (nSPS) is 11.2. The fourth-order valence-corrected chi connectivity index (χ4v) is 3.61. The number of benzene rings is 1. The predicted octanol–water partition coefficient (Wildman–Crippen LogP) is 2.95. The number of halogens is 1. The molecule has 8 heteroatoms. The SMILES string of the molecule is CCN(CC)C(=O)Cc1cccc(NS(=O)(=O)c2cccc(Cl)c2)n1. The fraction of sp³-hybridized carbons (Fsp3) is 0.294. The average molecular weight is 382 g/mol. The molecule has 0 aliphatic rings. The van der Waals surface area contributed by atoms with E-state index in [4.69, 9.17) is 11.6 Å². The Balaban J connectivity index is 2.17. The van der Waals surface area contributed by atoms with Gasteiger partial charge in [0.2, 0.25) is 5.91 Å². The van der Waals surface area contributed by atoms with E-state index in [2.05, 4.69) is 9.71 Å². The van der Waals surface area contributed by atoms with Crippen LogP contribution in [0.15, 0.2) is 47.4 Å². The molecular formula is C17H20ClN3O3S. The number of hydrogen-bond acceptors (Lipinski definition) is 4. The lowest BCUT2D eigenvalue weighted by Crippen LogP contribution is -2.32. The van der Waals surface area contributed by atoms with Gasteiger partial charge in [-0.2, -0.15) is 0 Å². The maximum Gasteiger partial charge on any atom is 0.263 e. The van der Waals surface area contributed by atoms with Gasteiger partial charge in [-0.1, -0.05) is 23.7 Å². The zero-order valence-corrected chi connectivity index (χ0v) is 15.6. The molecular weight excluding hydrogens is 362 g/mol. The van der Waals surface area contributed by atoms with E-state index in [1.165, 1.54) is 18.2 Å². The molecule has 2 rings (SSSR count). The van der Waals surface area contributed by atoms with Crippen molar-refractivity contribution in [2.45, 2.75) is 25.2 Å². The summed E-state index contributed by atoms with van der Waals surface area (Å²) in [6.07, 6.45) is 0.119. The number of amides is 1. The van der Waals surface area contributed by atoms with E-state index in [0.717, 1.165) is 0 Å². The van der Waals surface area contributed by atoms with Crippen LogP contribution in [-0.2, 0) is 21.2 Å². The number of nitrogens with one attached hydrogen (secondary N) is 1. The van der Waals surface area contributed by atoms with Crippen molar-refractivity contribution in [3.63, 3.8) is 0 Å². The van der Waals surface area contributed by atoms with Crippen molar-refractivity contribution in [2.24, 2.45) is 0 Å². The number of carbonyl (C=O) groups excluding carboxylic acids is 1. The summed E-state index contributed by atoms with van der Waals surface area (Å²) in [5, 5.41) is 0.328. The summed E-state index contributed by atoms with van der Waals surface area (Å²) in [7, 11) is -3.80. The van der Waals surface area contributed by atoms with E-state index in [9.17, 15) is 13.2 Å². The van der Waals surface area contributed by atoms with Gasteiger partial charge in [-0.3, -0.25) is 9.52 Å². The van der Waals surface area contributed by atoms with Gasteiger partial charge in [0.1, 0.15) is 5.82 Å². The summed E-state index contributed by atoms with van der Waals surface area (Å²) in [5.74, 6) is 0.108. The molecule has 0 atom stereocenters. The second-order valence-electron chi connectivity index (χ2n) is 5.32. The molecule has 0 saturated heterocycles. The summed E-state index contributed by atoms with van der Waals surface area (Å²) in [4.78, 5) is 18.1. The van der Waals surface area contributed by atoms with Gasteiger partial charge >= 0.3 is 0 Å². The van der Waals surface area contributed by atoms with Crippen LogP contribution < -0.4 is 4.72 Å². The molecule has 0 unspecified atom stereocenters. The first-order valence-electron chi connectivity index (χ1n) is 7.87. The second-order valence-corrected chi connectivity index (χ2v) is 7.44.